The topological polar surface area (TPSA) is 69.4 Å². The van der Waals surface area contributed by atoms with Crippen LogP contribution < -0.4 is 10.5 Å². The zero-order valence-corrected chi connectivity index (χ0v) is 12.1. The molecule has 0 aliphatic carbocycles. The minimum atomic E-state index is -3.17. The van der Waals surface area contributed by atoms with E-state index in [1.54, 1.807) is 25.1 Å². The van der Waals surface area contributed by atoms with Crippen LogP contribution in [0.3, 0.4) is 0 Å². The summed E-state index contributed by atoms with van der Waals surface area (Å²) in [5, 5.41) is -0.370. The van der Waals surface area contributed by atoms with Crippen molar-refractivity contribution in [3.05, 3.63) is 23.8 Å². The fraction of sp³-hybridized carbons (Fsp3) is 0.538. The third-order valence-electron chi connectivity index (χ3n) is 3.10. The Balaban J connectivity index is 3.01. The first-order valence-corrected chi connectivity index (χ1v) is 7.63. The number of methoxy groups -OCH3 is 1. The molecule has 4 nitrogen and oxygen atoms in total. The van der Waals surface area contributed by atoms with Crippen molar-refractivity contribution in [2.45, 2.75) is 31.8 Å². The summed E-state index contributed by atoms with van der Waals surface area (Å²) in [6, 6.07) is 5.05. The van der Waals surface area contributed by atoms with Crippen LogP contribution in [0.5, 0.6) is 5.75 Å². The number of benzene rings is 1. The molecule has 0 fully saturated rings. The number of sulfone groups is 1. The van der Waals surface area contributed by atoms with Gasteiger partial charge in [0, 0.05) is 11.8 Å². The van der Waals surface area contributed by atoms with Crippen molar-refractivity contribution in [3.8, 4) is 5.75 Å². The normalized spacial score (nSPS) is 13.6. The van der Waals surface area contributed by atoms with Crippen molar-refractivity contribution in [1.29, 1.82) is 0 Å². The van der Waals surface area contributed by atoms with Gasteiger partial charge in [-0.25, -0.2) is 8.42 Å². The number of nitrogen functional groups attached to an aromatic ring is 1. The van der Waals surface area contributed by atoms with E-state index in [1.807, 2.05) is 13.8 Å². The lowest BCUT2D eigenvalue weighted by Gasteiger charge is -2.16. The molecule has 18 heavy (non-hydrogen) atoms. The third kappa shape index (κ3) is 3.63. The van der Waals surface area contributed by atoms with Gasteiger partial charge in [-0.1, -0.05) is 13.8 Å². The van der Waals surface area contributed by atoms with E-state index in [0.29, 0.717) is 17.0 Å². The lowest BCUT2D eigenvalue weighted by atomic mass is 10.2. The van der Waals surface area contributed by atoms with Gasteiger partial charge in [-0.3, -0.25) is 0 Å². The highest BCUT2D eigenvalue weighted by Crippen LogP contribution is 2.23. The maximum Gasteiger partial charge on any atom is 0.157 e. The van der Waals surface area contributed by atoms with Gasteiger partial charge in [-0.2, -0.15) is 0 Å². The molecule has 1 aromatic carbocycles. The van der Waals surface area contributed by atoms with Crippen LogP contribution in [0.4, 0.5) is 5.69 Å². The minimum Gasteiger partial charge on any atom is -0.497 e. The standard InChI is InChI=1S/C13H21NO3S/c1-9(2)10(3)18(15,16)8-11-5-12(14)7-13(6-11)17-4/h5-7,9-10H,8,14H2,1-4H3. The first-order valence-electron chi connectivity index (χ1n) is 5.91. The van der Waals surface area contributed by atoms with E-state index >= 15 is 0 Å². The summed E-state index contributed by atoms with van der Waals surface area (Å²) in [6.45, 7) is 5.55. The molecule has 0 aliphatic rings. The Labute approximate surface area is 109 Å². The first kappa shape index (κ1) is 14.8. The fourth-order valence-corrected chi connectivity index (χ4v) is 3.39. The van der Waals surface area contributed by atoms with Crippen LogP contribution >= 0.6 is 0 Å². The second kappa shape index (κ2) is 5.61. The molecular formula is C13H21NO3S. The average molecular weight is 271 g/mol. The van der Waals surface area contributed by atoms with E-state index in [9.17, 15) is 8.42 Å². The van der Waals surface area contributed by atoms with Gasteiger partial charge < -0.3 is 10.5 Å². The highest BCUT2D eigenvalue weighted by molar-refractivity contribution is 7.91. The molecular weight excluding hydrogens is 250 g/mol. The Bertz CT molecular complexity index is 509. The highest BCUT2D eigenvalue weighted by Gasteiger charge is 2.24. The summed E-state index contributed by atoms with van der Waals surface area (Å²) in [7, 11) is -1.63. The Morgan fingerprint density at radius 1 is 1.22 bits per heavy atom. The number of anilines is 1. The monoisotopic (exact) mass is 271 g/mol. The number of nitrogens with two attached hydrogens (primary N) is 1. The lowest BCUT2D eigenvalue weighted by Crippen LogP contribution is -2.24. The van der Waals surface area contributed by atoms with Crippen LogP contribution in [0, 0.1) is 5.92 Å². The van der Waals surface area contributed by atoms with E-state index in [-0.39, 0.29) is 16.9 Å². The molecule has 5 heteroatoms. The van der Waals surface area contributed by atoms with Gasteiger partial charge in [0.15, 0.2) is 9.84 Å². The Morgan fingerprint density at radius 3 is 2.33 bits per heavy atom. The molecule has 0 radical (unpaired) electrons. The molecule has 1 aromatic rings. The van der Waals surface area contributed by atoms with Gasteiger partial charge in [0.1, 0.15) is 5.75 Å². The number of hydrogen-bond acceptors (Lipinski definition) is 4. The predicted molar refractivity (Wildman–Crippen MR) is 74.3 cm³/mol. The second-order valence-corrected chi connectivity index (χ2v) is 7.23. The zero-order valence-electron chi connectivity index (χ0n) is 11.3. The smallest absolute Gasteiger partial charge is 0.157 e. The van der Waals surface area contributed by atoms with Crippen molar-refractivity contribution in [1.82, 2.24) is 0 Å². The largest absolute Gasteiger partial charge is 0.497 e. The van der Waals surface area contributed by atoms with Gasteiger partial charge >= 0.3 is 0 Å². The van der Waals surface area contributed by atoms with Crippen molar-refractivity contribution in [2.75, 3.05) is 12.8 Å². The van der Waals surface area contributed by atoms with Gasteiger partial charge in [-0.15, -0.1) is 0 Å². The summed E-state index contributed by atoms with van der Waals surface area (Å²) >= 11 is 0. The summed E-state index contributed by atoms with van der Waals surface area (Å²) in [4.78, 5) is 0. The van der Waals surface area contributed by atoms with E-state index in [0.717, 1.165) is 0 Å². The van der Waals surface area contributed by atoms with E-state index in [1.165, 1.54) is 7.11 Å². The lowest BCUT2D eigenvalue weighted by molar-refractivity contribution is 0.414. The highest BCUT2D eigenvalue weighted by atomic mass is 32.2. The van der Waals surface area contributed by atoms with Crippen molar-refractivity contribution >= 4 is 15.5 Å². The molecule has 0 saturated heterocycles. The van der Waals surface area contributed by atoms with E-state index in [2.05, 4.69) is 0 Å². The van der Waals surface area contributed by atoms with E-state index < -0.39 is 9.84 Å². The second-order valence-electron chi connectivity index (χ2n) is 4.87. The molecule has 0 aliphatic heterocycles. The predicted octanol–water partition coefficient (Wildman–Crippen LogP) is 2.24. The molecule has 102 valence electrons. The maximum atomic E-state index is 12.2. The van der Waals surface area contributed by atoms with Gasteiger partial charge in [-0.05, 0) is 30.5 Å². The zero-order chi connectivity index (χ0) is 13.9. The number of hydrogen-bond donors (Lipinski definition) is 1. The minimum absolute atomic E-state index is 0.00620. The number of ether oxygens (including phenoxy) is 1. The molecule has 0 bridgehead atoms. The average Bonchev–Trinajstić information content (AvgIpc) is 2.26. The Kier molecular flexibility index (Phi) is 4.62. The third-order valence-corrected chi connectivity index (χ3v) is 5.51. The summed E-state index contributed by atoms with van der Waals surface area (Å²) < 4.78 is 29.4. The van der Waals surface area contributed by atoms with Crippen molar-refractivity contribution in [2.24, 2.45) is 5.92 Å². The van der Waals surface area contributed by atoms with E-state index in [4.69, 9.17) is 10.5 Å². The molecule has 1 atom stereocenters. The van der Waals surface area contributed by atoms with Crippen molar-refractivity contribution in [3.63, 3.8) is 0 Å². The van der Waals surface area contributed by atoms with Crippen LogP contribution in [0.15, 0.2) is 18.2 Å². The summed E-state index contributed by atoms with van der Waals surface area (Å²) in [5.74, 6) is 0.670. The van der Waals surface area contributed by atoms with Crippen LogP contribution in [-0.4, -0.2) is 20.8 Å². The summed E-state index contributed by atoms with van der Waals surface area (Å²) in [6.07, 6.45) is 0. The van der Waals surface area contributed by atoms with Gasteiger partial charge in [0.25, 0.3) is 0 Å². The van der Waals surface area contributed by atoms with Gasteiger partial charge in [0.2, 0.25) is 0 Å². The van der Waals surface area contributed by atoms with Crippen LogP contribution in [0.2, 0.25) is 0 Å². The fourth-order valence-electron chi connectivity index (χ4n) is 1.67. The SMILES string of the molecule is COc1cc(N)cc(CS(=O)(=O)C(C)C(C)C)c1. The maximum absolute atomic E-state index is 12.2. The molecule has 1 rings (SSSR count). The molecule has 1 unspecified atom stereocenters. The number of rotatable bonds is 5. The molecule has 0 aromatic heterocycles. The summed E-state index contributed by atoms with van der Waals surface area (Å²) in [5.41, 5.74) is 6.89. The Hall–Kier alpha value is -1.23. The molecule has 2 N–H and O–H groups in total. The van der Waals surface area contributed by atoms with Crippen molar-refractivity contribution < 1.29 is 13.2 Å². The Morgan fingerprint density at radius 2 is 1.83 bits per heavy atom. The van der Waals surface area contributed by atoms with Crippen LogP contribution in [0.1, 0.15) is 26.3 Å². The van der Waals surface area contributed by atoms with Crippen LogP contribution in [-0.2, 0) is 15.6 Å². The molecule has 0 amide bonds. The molecule has 0 saturated carbocycles. The first-order chi connectivity index (χ1) is 8.26. The van der Waals surface area contributed by atoms with Gasteiger partial charge in [0.05, 0.1) is 18.1 Å². The molecule has 0 spiro atoms. The molecule has 0 heterocycles. The van der Waals surface area contributed by atoms with Crippen LogP contribution in [0.25, 0.3) is 0 Å². The quantitative estimate of drug-likeness (QED) is 0.834.